The van der Waals surface area contributed by atoms with E-state index >= 15 is 0 Å². The van der Waals surface area contributed by atoms with Crippen molar-refractivity contribution >= 4 is 17.8 Å². The minimum Gasteiger partial charge on any atom is -0.480 e. The lowest BCUT2D eigenvalue weighted by molar-refractivity contribution is -0.143. The van der Waals surface area contributed by atoms with Gasteiger partial charge in [0, 0.05) is 19.8 Å². The SMILES string of the molecule is CC(=O)N[C@H](Cc1ccccc1)C(=O)N[C@@H](Cc1ccccc1C(F)(F)F)C(=O)O. The first kappa shape index (κ1) is 22.9. The Morgan fingerprint density at radius 2 is 1.50 bits per heavy atom. The maximum atomic E-state index is 13.2. The van der Waals surface area contributed by atoms with E-state index < -0.39 is 48.0 Å². The van der Waals surface area contributed by atoms with Gasteiger partial charge >= 0.3 is 12.1 Å². The van der Waals surface area contributed by atoms with E-state index in [1.54, 1.807) is 30.3 Å². The van der Waals surface area contributed by atoms with Crippen LogP contribution in [0, 0.1) is 0 Å². The van der Waals surface area contributed by atoms with E-state index in [0.717, 1.165) is 11.6 Å². The van der Waals surface area contributed by atoms with Crippen LogP contribution >= 0.6 is 0 Å². The van der Waals surface area contributed by atoms with Crippen molar-refractivity contribution in [2.24, 2.45) is 0 Å². The second-order valence-corrected chi connectivity index (χ2v) is 6.70. The van der Waals surface area contributed by atoms with E-state index in [1.807, 2.05) is 0 Å². The van der Waals surface area contributed by atoms with Crippen molar-refractivity contribution < 1.29 is 32.7 Å². The third kappa shape index (κ3) is 6.61. The molecule has 0 saturated heterocycles. The summed E-state index contributed by atoms with van der Waals surface area (Å²) in [7, 11) is 0. The van der Waals surface area contributed by atoms with Crippen LogP contribution in [-0.4, -0.2) is 35.0 Å². The van der Waals surface area contributed by atoms with E-state index in [-0.39, 0.29) is 12.0 Å². The van der Waals surface area contributed by atoms with E-state index in [4.69, 9.17) is 0 Å². The molecule has 0 heterocycles. The average molecular weight is 422 g/mol. The number of halogens is 3. The van der Waals surface area contributed by atoms with Gasteiger partial charge in [-0.15, -0.1) is 0 Å². The summed E-state index contributed by atoms with van der Waals surface area (Å²) < 4.78 is 39.6. The van der Waals surface area contributed by atoms with Crippen LogP contribution < -0.4 is 10.6 Å². The highest BCUT2D eigenvalue weighted by molar-refractivity contribution is 5.90. The van der Waals surface area contributed by atoms with Crippen LogP contribution in [0.15, 0.2) is 54.6 Å². The predicted octanol–water partition coefficient (Wildman–Crippen LogP) is 2.56. The number of alkyl halides is 3. The molecule has 30 heavy (non-hydrogen) atoms. The fraction of sp³-hybridized carbons (Fsp3) is 0.286. The Bertz CT molecular complexity index is 901. The number of carboxylic acids is 1. The normalized spacial score (nSPS) is 13.2. The minimum atomic E-state index is -4.66. The Balaban J connectivity index is 2.21. The molecule has 0 aliphatic heterocycles. The predicted molar refractivity (Wildman–Crippen MR) is 102 cm³/mol. The quantitative estimate of drug-likeness (QED) is 0.609. The van der Waals surface area contributed by atoms with Gasteiger partial charge in [-0.3, -0.25) is 9.59 Å². The van der Waals surface area contributed by atoms with Crippen molar-refractivity contribution in [3.63, 3.8) is 0 Å². The van der Waals surface area contributed by atoms with E-state index in [2.05, 4.69) is 10.6 Å². The van der Waals surface area contributed by atoms with Crippen LogP contribution in [0.1, 0.15) is 23.6 Å². The van der Waals surface area contributed by atoms with Gasteiger partial charge in [0.15, 0.2) is 0 Å². The van der Waals surface area contributed by atoms with Gasteiger partial charge in [-0.05, 0) is 17.2 Å². The third-order valence-corrected chi connectivity index (χ3v) is 4.34. The first-order valence-electron chi connectivity index (χ1n) is 9.07. The molecule has 2 aromatic carbocycles. The third-order valence-electron chi connectivity index (χ3n) is 4.34. The molecule has 0 aliphatic carbocycles. The van der Waals surface area contributed by atoms with Gasteiger partial charge in [-0.2, -0.15) is 13.2 Å². The molecule has 2 aromatic rings. The molecule has 160 valence electrons. The molecule has 2 atom stereocenters. The van der Waals surface area contributed by atoms with E-state index in [1.165, 1.54) is 25.1 Å². The van der Waals surface area contributed by atoms with Crippen LogP contribution in [0.25, 0.3) is 0 Å². The van der Waals surface area contributed by atoms with Crippen LogP contribution in [0.3, 0.4) is 0 Å². The van der Waals surface area contributed by atoms with Crippen LogP contribution in [-0.2, 0) is 33.4 Å². The van der Waals surface area contributed by atoms with E-state index in [0.29, 0.717) is 0 Å². The molecule has 2 rings (SSSR count). The minimum absolute atomic E-state index is 0.0950. The molecule has 0 unspecified atom stereocenters. The molecule has 0 spiro atoms. The summed E-state index contributed by atoms with van der Waals surface area (Å²) in [5.74, 6) is -2.78. The molecule has 2 amide bonds. The molecular formula is C21H21F3N2O4. The number of hydrogen-bond donors (Lipinski definition) is 3. The molecule has 0 fully saturated rings. The molecule has 3 N–H and O–H groups in total. The Morgan fingerprint density at radius 3 is 2.07 bits per heavy atom. The van der Waals surface area contributed by atoms with Crippen molar-refractivity contribution in [1.82, 2.24) is 10.6 Å². The zero-order chi connectivity index (χ0) is 22.3. The number of carboxylic acid groups (broad SMARTS) is 1. The van der Waals surface area contributed by atoms with Crippen molar-refractivity contribution in [1.29, 1.82) is 0 Å². The number of carbonyl (C=O) groups is 3. The molecule has 6 nitrogen and oxygen atoms in total. The first-order valence-corrected chi connectivity index (χ1v) is 9.07. The van der Waals surface area contributed by atoms with Crippen LogP contribution in [0.2, 0.25) is 0 Å². The summed E-state index contributed by atoms with van der Waals surface area (Å²) in [4.78, 5) is 35.8. The Hall–Kier alpha value is -3.36. The summed E-state index contributed by atoms with van der Waals surface area (Å²) in [6, 6.07) is 10.6. The van der Waals surface area contributed by atoms with Crippen molar-refractivity contribution in [3.05, 3.63) is 71.3 Å². The monoisotopic (exact) mass is 422 g/mol. The largest absolute Gasteiger partial charge is 0.480 e. The topological polar surface area (TPSA) is 95.5 Å². The summed E-state index contributed by atoms with van der Waals surface area (Å²) in [5.41, 5.74) is -0.495. The molecule has 0 radical (unpaired) electrons. The fourth-order valence-corrected chi connectivity index (χ4v) is 2.97. The summed E-state index contributed by atoms with van der Waals surface area (Å²) in [6.45, 7) is 1.21. The summed E-state index contributed by atoms with van der Waals surface area (Å²) >= 11 is 0. The standard InChI is InChI=1S/C21H21F3N2O4/c1-13(27)25-17(11-14-7-3-2-4-8-14)19(28)26-18(20(29)30)12-15-9-5-6-10-16(15)21(22,23)24/h2-10,17-18H,11-12H2,1H3,(H,25,27)(H,26,28)(H,29,30)/t17-,18+/m1/s1. The fourth-order valence-electron chi connectivity index (χ4n) is 2.97. The molecule has 0 bridgehead atoms. The Kier molecular flexibility index (Phi) is 7.57. The van der Waals surface area contributed by atoms with Crippen molar-refractivity contribution in [2.75, 3.05) is 0 Å². The zero-order valence-electron chi connectivity index (χ0n) is 16.1. The van der Waals surface area contributed by atoms with Gasteiger partial charge < -0.3 is 15.7 Å². The number of aliphatic carboxylic acids is 1. The highest BCUT2D eigenvalue weighted by Crippen LogP contribution is 2.32. The van der Waals surface area contributed by atoms with Crippen molar-refractivity contribution in [3.8, 4) is 0 Å². The second kappa shape index (κ2) is 9.91. The molecule has 0 aromatic heterocycles. The average Bonchev–Trinajstić information content (AvgIpc) is 2.67. The van der Waals surface area contributed by atoms with Gasteiger partial charge in [0.1, 0.15) is 12.1 Å². The van der Waals surface area contributed by atoms with Crippen molar-refractivity contribution in [2.45, 2.75) is 38.0 Å². The first-order chi connectivity index (χ1) is 14.1. The molecule has 9 heteroatoms. The maximum Gasteiger partial charge on any atom is 0.416 e. The molecule has 0 aliphatic rings. The maximum absolute atomic E-state index is 13.2. The molecular weight excluding hydrogens is 401 g/mol. The van der Waals surface area contributed by atoms with Crippen LogP contribution in [0.4, 0.5) is 13.2 Å². The lowest BCUT2D eigenvalue weighted by atomic mass is 9.99. The number of amides is 2. The van der Waals surface area contributed by atoms with E-state index in [9.17, 15) is 32.7 Å². The molecule has 0 saturated carbocycles. The number of nitrogens with one attached hydrogen (secondary N) is 2. The second-order valence-electron chi connectivity index (χ2n) is 6.70. The number of rotatable bonds is 8. The lowest BCUT2D eigenvalue weighted by Gasteiger charge is -2.22. The van der Waals surface area contributed by atoms with Gasteiger partial charge in [0.05, 0.1) is 5.56 Å². The van der Waals surface area contributed by atoms with Gasteiger partial charge in [0.25, 0.3) is 0 Å². The zero-order valence-corrected chi connectivity index (χ0v) is 16.1. The number of hydrogen-bond acceptors (Lipinski definition) is 3. The Labute approximate surface area is 171 Å². The smallest absolute Gasteiger partial charge is 0.416 e. The van der Waals surface area contributed by atoms with Gasteiger partial charge in [0.2, 0.25) is 11.8 Å². The summed E-state index contributed by atoms with van der Waals surface area (Å²) in [5, 5.41) is 14.1. The highest BCUT2D eigenvalue weighted by atomic mass is 19.4. The lowest BCUT2D eigenvalue weighted by Crippen LogP contribution is -2.52. The highest BCUT2D eigenvalue weighted by Gasteiger charge is 2.35. The Morgan fingerprint density at radius 1 is 0.900 bits per heavy atom. The van der Waals surface area contributed by atoms with Gasteiger partial charge in [-0.25, -0.2) is 4.79 Å². The number of benzene rings is 2. The van der Waals surface area contributed by atoms with Gasteiger partial charge in [-0.1, -0.05) is 48.5 Å². The number of carbonyl (C=O) groups excluding carboxylic acids is 2. The summed E-state index contributed by atoms with van der Waals surface area (Å²) in [6.07, 6.45) is -5.12. The van der Waals surface area contributed by atoms with Crippen LogP contribution in [0.5, 0.6) is 0 Å².